The van der Waals surface area contributed by atoms with Crippen molar-refractivity contribution in [1.29, 1.82) is 0 Å². The van der Waals surface area contributed by atoms with Gasteiger partial charge in [-0.15, -0.1) is 0 Å². The van der Waals surface area contributed by atoms with Gasteiger partial charge in [0.15, 0.2) is 0 Å². The second-order valence-corrected chi connectivity index (χ2v) is 6.54. The van der Waals surface area contributed by atoms with E-state index in [9.17, 15) is 14.4 Å². The maximum absolute atomic E-state index is 13.1. The molecule has 9 heteroatoms. The molecule has 0 saturated carbocycles. The van der Waals surface area contributed by atoms with E-state index in [1.54, 1.807) is 25.4 Å². The molecule has 0 fully saturated rings. The summed E-state index contributed by atoms with van der Waals surface area (Å²) in [6, 6.07) is 11.3. The van der Waals surface area contributed by atoms with Crippen molar-refractivity contribution in [3.8, 4) is 11.3 Å². The fraction of sp³-hybridized carbons (Fsp3) is 0.250. The lowest BCUT2D eigenvalue weighted by molar-refractivity contribution is -0.149. The highest BCUT2D eigenvalue weighted by atomic mass is 16.5. The maximum Gasteiger partial charge on any atom is 0.328 e. The molecule has 0 radical (unpaired) electrons. The van der Waals surface area contributed by atoms with E-state index in [0.29, 0.717) is 30.0 Å². The van der Waals surface area contributed by atoms with Gasteiger partial charge in [0.1, 0.15) is 5.82 Å². The number of hydrogen-bond acceptors (Lipinski definition) is 6. The van der Waals surface area contributed by atoms with E-state index in [2.05, 4.69) is 15.3 Å². The summed E-state index contributed by atoms with van der Waals surface area (Å²) in [5.74, 6) is -3.41. The zero-order valence-electron chi connectivity index (χ0n) is 15.7. The van der Waals surface area contributed by atoms with Crippen molar-refractivity contribution in [2.24, 2.45) is 5.92 Å². The zero-order chi connectivity index (χ0) is 20.4. The third-order valence-corrected chi connectivity index (χ3v) is 4.72. The third kappa shape index (κ3) is 3.42. The molecule has 0 saturated heterocycles. The minimum Gasteiger partial charge on any atom is -0.465 e. The predicted octanol–water partition coefficient (Wildman–Crippen LogP) is 1.68. The van der Waals surface area contributed by atoms with Gasteiger partial charge in [0, 0.05) is 24.4 Å². The molecule has 2 aromatic heterocycles. The second-order valence-electron chi connectivity index (χ2n) is 6.54. The minimum absolute atomic E-state index is 0.0755. The van der Waals surface area contributed by atoms with E-state index in [-0.39, 0.29) is 6.61 Å². The Labute approximate surface area is 166 Å². The van der Waals surface area contributed by atoms with Crippen molar-refractivity contribution < 1.29 is 19.1 Å². The molecule has 1 atom stereocenters. The van der Waals surface area contributed by atoms with Crippen LogP contribution in [0.2, 0.25) is 0 Å². The molecular formula is C20H19N5O4. The van der Waals surface area contributed by atoms with E-state index in [1.807, 2.05) is 30.3 Å². The Kier molecular flexibility index (Phi) is 4.94. The number of fused-ring (bicyclic) bond motifs is 1. The Morgan fingerprint density at radius 3 is 2.69 bits per heavy atom. The third-order valence-electron chi connectivity index (χ3n) is 4.72. The number of aromatic nitrogens is 4. The normalized spacial score (nSPS) is 16.0. The van der Waals surface area contributed by atoms with E-state index >= 15 is 0 Å². The van der Waals surface area contributed by atoms with Gasteiger partial charge >= 0.3 is 5.97 Å². The number of H-pyrrole nitrogens is 1. The first-order chi connectivity index (χ1) is 14.1. The number of ether oxygens (including phenoxy) is 1. The van der Waals surface area contributed by atoms with Crippen LogP contribution in [0.5, 0.6) is 0 Å². The summed E-state index contributed by atoms with van der Waals surface area (Å²) in [4.78, 5) is 39.7. The molecule has 0 bridgehead atoms. The summed E-state index contributed by atoms with van der Waals surface area (Å²) in [5, 5.41) is 10.9. The molecule has 148 valence electrons. The number of aromatic amines is 1. The number of nitrogens with zero attached hydrogens (tertiary/aromatic N) is 4. The monoisotopic (exact) mass is 393 g/mol. The van der Waals surface area contributed by atoms with Crippen LogP contribution in [0.1, 0.15) is 17.3 Å². The number of hydrogen-bond donors (Lipinski definition) is 1. The minimum atomic E-state index is -1.56. The summed E-state index contributed by atoms with van der Waals surface area (Å²) in [5.41, 5.74) is 2.18. The van der Waals surface area contributed by atoms with E-state index in [1.165, 1.54) is 4.90 Å². The standard InChI is InChI=1S/C20H19N5O4/c1-2-29-20(28)17-18(26)24(9-8-13-6-4-3-5-7-13)16-10-15(14-11-21-22-12-14)23-25(16)19(17)27/h3-7,10-12,17H,2,8-9H2,1H3,(H,21,22). The lowest BCUT2D eigenvalue weighted by Crippen LogP contribution is -2.51. The number of rotatable bonds is 6. The van der Waals surface area contributed by atoms with Gasteiger partial charge in [-0.3, -0.25) is 24.4 Å². The molecule has 3 aromatic rings. The highest BCUT2D eigenvalue weighted by Crippen LogP contribution is 2.30. The van der Waals surface area contributed by atoms with Gasteiger partial charge in [-0.1, -0.05) is 30.3 Å². The average Bonchev–Trinajstić information content (AvgIpc) is 3.39. The highest BCUT2D eigenvalue weighted by molar-refractivity contribution is 6.23. The summed E-state index contributed by atoms with van der Waals surface area (Å²) < 4.78 is 6.07. The number of amides is 1. The lowest BCUT2D eigenvalue weighted by Gasteiger charge is -2.30. The van der Waals surface area contributed by atoms with Crippen LogP contribution in [0.3, 0.4) is 0 Å². The van der Waals surface area contributed by atoms with Crippen LogP contribution in [-0.4, -0.2) is 50.9 Å². The molecule has 4 rings (SSSR count). The van der Waals surface area contributed by atoms with Crippen molar-refractivity contribution in [1.82, 2.24) is 20.0 Å². The SMILES string of the molecule is CCOC(=O)C1C(=O)N(CCc2ccccc2)c2cc(-c3cn[nH]c3)nn2C1=O. The molecule has 1 amide bonds. The Bertz CT molecular complexity index is 1040. The van der Waals surface area contributed by atoms with Crippen molar-refractivity contribution in [2.45, 2.75) is 13.3 Å². The molecule has 1 aromatic carbocycles. The molecule has 1 aliphatic heterocycles. The van der Waals surface area contributed by atoms with Crippen molar-refractivity contribution in [3.63, 3.8) is 0 Å². The number of carbonyl (C=O) groups excluding carboxylic acids is 3. The first-order valence-corrected chi connectivity index (χ1v) is 9.25. The zero-order valence-corrected chi connectivity index (χ0v) is 15.7. The molecule has 1 unspecified atom stereocenters. The first kappa shape index (κ1) is 18.6. The molecule has 29 heavy (non-hydrogen) atoms. The number of esters is 1. The lowest BCUT2D eigenvalue weighted by atomic mass is 10.0. The van der Waals surface area contributed by atoms with Crippen LogP contribution in [0, 0.1) is 5.92 Å². The number of anilines is 1. The second kappa shape index (κ2) is 7.70. The van der Waals surface area contributed by atoms with Crippen molar-refractivity contribution >= 4 is 23.6 Å². The van der Waals surface area contributed by atoms with Gasteiger partial charge in [0.2, 0.25) is 5.92 Å². The fourth-order valence-corrected chi connectivity index (χ4v) is 3.29. The Hall–Kier alpha value is -3.75. The molecule has 0 aliphatic carbocycles. The molecule has 3 heterocycles. The van der Waals surface area contributed by atoms with Crippen LogP contribution < -0.4 is 4.90 Å². The summed E-state index contributed by atoms with van der Waals surface area (Å²) in [6.45, 7) is 1.99. The van der Waals surface area contributed by atoms with Crippen LogP contribution in [0.4, 0.5) is 5.82 Å². The molecule has 0 spiro atoms. The van der Waals surface area contributed by atoms with Crippen LogP contribution >= 0.6 is 0 Å². The van der Waals surface area contributed by atoms with E-state index in [4.69, 9.17) is 4.74 Å². The highest BCUT2D eigenvalue weighted by Gasteiger charge is 2.46. The van der Waals surface area contributed by atoms with Gasteiger partial charge in [-0.05, 0) is 18.9 Å². The largest absolute Gasteiger partial charge is 0.465 e. The molecular weight excluding hydrogens is 374 g/mol. The summed E-state index contributed by atoms with van der Waals surface area (Å²) in [6.07, 6.45) is 3.76. The van der Waals surface area contributed by atoms with Gasteiger partial charge in [0.25, 0.3) is 11.8 Å². The topological polar surface area (TPSA) is 110 Å². The van der Waals surface area contributed by atoms with Gasteiger partial charge in [-0.2, -0.15) is 14.9 Å². The van der Waals surface area contributed by atoms with Crippen LogP contribution in [0.25, 0.3) is 11.3 Å². The average molecular weight is 393 g/mol. The number of carbonyl (C=O) groups is 3. The van der Waals surface area contributed by atoms with Gasteiger partial charge in [0.05, 0.1) is 18.5 Å². The quantitative estimate of drug-likeness (QED) is 0.504. The number of nitrogens with one attached hydrogen (secondary N) is 1. The maximum atomic E-state index is 13.1. The fourth-order valence-electron chi connectivity index (χ4n) is 3.29. The van der Waals surface area contributed by atoms with E-state index < -0.39 is 23.7 Å². The summed E-state index contributed by atoms with van der Waals surface area (Å²) in [7, 11) is 0. The molecule has 9 nitrogen and oxygen atoms in total. The number of benzene rings is 1. The smallest absolute Gasteiger partial charge is 0.328 e. The predicted molar refractivity (Wildman–Crippen MR) is 103 cm³/mol. The molecule has 1 N–H and O–H groups in total. The van der Waals surface area contributed by atoms with Gasteiger partial charge < -0.3 is 4.74 Å². The van der Waals surface area contributed by atoms with Crippen molar-refractivity contribution in [3.05, 3.63) is 54.4 Å². The Balaban J connectivity index is 1.72. The van der Waals surface area contributed by atoms with Crippen molar-refractivity contribution in [2.75, 3.05) is 18.1 Å². The van der Waals surface area contributed by atoms with Crippen LogP contribution in [-0.2, 0) is 20.7 Å². The van der Waals surface area contributed by atoms with Crippen LogP contribution in [0.15, 0.2) is 48.8 Å². The Morgan fingerprint density at radius 2 is 2.00 bits per heavy atom. The summed E-state index contributed by atoms with van der Waals surface area (Å²) >= 11 is 0. The molecule has 1 aliphatic rings. The first-order valence-electron chi connectivity index (χ1n) is 9.25. The Morgan fingerprint density at radius 1 is 1.21 bits per heavy atom. The van der Waals surface area contributed by atoms with Gasteiger partial charge in [-0.25, -0.2) is 0 Å². The van der Waals surface area contributed by atoms with E-state index in [0.717, 1.165) is 10.2 Å².